The van der Waals surface area contributed by atoms with Crippen LogP contribution in [0.1, 0.15) is 37.3 Å². The average molecular weight is 373 g/mol. The summed E-state index contributed by atoms with van der Waals surface area (Å²) in [6.07, 6.45) is 4.43. The second kappa shape index (κ2) is 8.70. The lowest BCUT2D eigenvalue weighted by Crippen LogP contribution is -2.30. The number of unbranched alkanes of at least 4 members (excludes halogenated alkanes) is 1. The Kier molecular flexibility index (Phi) is 6.11. The topological polar surface area (TPSA) is 94.8 Å². The van der Waals surface area contributed by atoms with Crippen LogP contribution in [0.4, 0.5) is 0 Å². The van der Waals surface area contributed by atoms with E-state index in [0.717, 1.165) is 48.6 Å². The summed E-state index contributed by atoms with van der Waals surface area (Å²) >= 11 is 0. The fourth-order valence-corrected chi connectivity index (χ4v) is 3.14. The van der Waals surface area contributed by atoms with Crippen molar-refractivity contribution in [1.29, 1.82) is 0 Å². The molecule has 1 N–H and O–H groups in total. The smallest absolute Gasteiger partial charge is 0.344 e. The van der Waals surface area contributed by atoms with E-state index in [1.165, 1.54) is 0 Å². The highest BCUT2D eigenvalue weighted by Crippen LogP contribution is 2.29. The third kappa shape index (κ3) is 4.67. The fraction of sp³-hybridized carbons (Fsp3) is 0.450. The number of fused-ring (bicyclic) bond motifs is 3. The van der Waals surface area contributed by atoms with Crippen molar-refractivity contribution in [3.63, 3.8) is 0 Å². The first-order valence-electron chi connectivity index (χ1n) is 9.22. The molecule has 27 heavy (non-hydrogen) atoms. The van der Waals surface area contributed by atoms with Crippen molar-refractivity contribution in [1.82, 2.24) is 5.32 Å². The van der Waals surface area contributed by atoms with Crippen molar-refractivity contribution >= 4 is 22.8 Å². The predicted molar refractivity (Wildman–Crippen MR) is 98.9 cm³/mol. The summed E-state index contributed by atoms with van der Waals surface area (Å²) in [5.74, 6) is -0.581. The van der Waals surface area contributed by atoms with E-state index in [1.54, 1.807) is 12.1 Å². The van der Waals surface area contributed by atoms with Crippen molar-refractivity contribution in [2.75, 3.05) is 19.8 Å². The molecule has 0 spiro atoms. The SMILES string of the molecule is CCCCNC(=O)COC(=O)COc1ccc2c3c(c(=O)oc2c1)CCC3. The highest BCUT2D eigenvalue weighted by atomic mass is 16.6. The van der Waals surface area contributed by atoms with Gasteiger partial charge in [0.25, 0.3) is 5.91 Å². The van der Waals surface area contributed by atoms with Crippen molar-refractivity contribution in [2.45, 2.75) is 39.0 Å². The Morgan fingerprint density at radius 2 is 2.00 bits per heavy atom. The van der Waals surface area contributed by atoms with Gasteiger partial charge >= 0.3 is 11.6 Å². The molecule has 3 rings (SSSR count). The second-order valence-electron chi connectivity index (χ2n) is 6.51. The van der Waals surface area contributed by atoms with Gasteiger partial charge in [0.15, 0.2) is 13.2 Å². The van der Waals surface area contributed by atoms with Crippen LogP contribution in [0.15, 0.2) is 27.4 Å². The molecule has 0 aliphatic heterocycles. The molecule has 0 unspecified atom stereocenters. The highest BCUT2D eigenvalue weighted by Gasteiger charge is 2.19. The van der Waals surface area contributed by atoms with E-state index >= 15 is 0 Å². The van der Waals surface area contributed by atoms with Crippen molar-refractivity contribution in [3.8, 4) is 5.75 Å². The van der Waals surface area contributed by atoms with Crippen LogP contribution in [0.25, 0.3) is 11.0 Å². The van der Waals surface area contributed by atoms with Gasteiger partial charge in [0.05, 0.1) is 0 Å². The van der Waals surface area contributed by atoms with Gasteiger partial charge in [0.2, 0.25) is 0 Å². The number of benzene rings is 1. The van der Waals surface area contributed by atoms with E-state index < -0.39 is 5.97 Å². The zero-order valence-electron chi connectivity index (χ0n) is 15.3. The van der Waals surface area contributed by atoms with Crippen LogP contribution in [0, 0.1) is 0 Å². The minimum absolute atomic E-state index is 0.305. The Balaban J connectivity index is 1.54. The monoisotopic (exact) mass is 373 g/mol. The maximum absolute atomic E-state index is 12.0. The van der Waals surface area contributed by atoms with Crippen LogP contribution in [-0.2, 0) is 27.2 Å². The molecule has 1 aliphatic rings. The lowest BCUT2D eigenvalue weighted by atomic mass is 10.1. The zero-order chi connectivity index (χ0) is 19.2. The number of nitrogens with one attached hydrogen (secondary N) is 1. The molecule has 1 amide bonds. The molecule has 7 nitrogen and oxygen atoms in total. The molecule has 0 bridgehead atoms. The van der Waals surface area contributed by atoms with Gasteiger partial charge in [0, 0.05) is 23.6 Å². The van der Waals surface area contributed by atoms with Gasteiger partial charge < -0.3 is 19.2 Å². The van der Waals surface area contributed by atoms with Gasteiger partial charge in [-0.2, -0.15) is 0 Å². The first kappa shape index (κ1) is 18.9. The van der Waals surface area contributed by atoms with E-state index in [0.29, 0.717) is 17.9 Å². The van der Waals surface area contributed by atoms with Crippen molar-refractivity contribution < 1.29 is 23.5 Å². The largest absolute Gasteiger partial charge is 0.482 e. The molecule has 0 saturated heterocycles. The first-order chi connectivity index (χ1) is 13.1. The van der Waals surface area contributed by atoms with E-state index in [-0.39, 0.29) is 24.7 Å². The minimum atomic E-state index is -0.642. The summed E-state index contributed by atoms with van der Waals surface area (Å²) in [5, 5.41) is 3.56. The third-order valence-electron chi connectivity index (χ3n) is 4.52. The van der Waals surface area contributed by atoms with E-state index in [4.69, 9.17) is 13.9 Å². The van der Waals surface area contributed by atoms with Crippen molar-refractivity contribution in [3.05, 3.63) is 39.7 Å². The number of carbonyl (C=O) groups is 2. The molecule has 7 heteroatoms. The van der Waals surface area contributed by atoms with E-state index in [2.05, 4.69) is 5.32 Å². The summed E-state index contributed by atoms with van der Waals surface area (Å²) in [7, 11) is 0. The number of esters is 1. The maximum atomic E-state index is 12.0. The molecule has 0 saturated carbocycles. The van der Waals surface area contributed by atoms with Crippen LogP contribution in [0.5, 0.6) is 5.75 Å². The van der Waals surface area contributed by atoms with Gasteiger partial charge in [-0.05, 0) is 43.4 Å². The Hall–Kier alpha value is -2.83. The maximum Gasteiger partial charge on any atom is 0.344 e. The van der Waals surface area contributed by atoms with Crippen LogP contribution < -0.4 is 15.7 Å². The number of carbonyl (C=O) groups excluding carboxylic acids is 2. The molecule has 2 aromatic rings. The summed E-state index contributed by atoms with van der Waals surface area (Å²) in [4.78, 5) is 35.2. The average Bonchev–Trinajstić information content (AvgIpc) is 3.15. The van der Waals surface area contributed by atoms with Gasteiger partial charge in [-0.3, -0.25) is 4.79 Å². The summed E-state index contributed by atoms with van der Waals surface area (Å²) in [5.41, 5.74) is 1.95. The molecule has 0 fully saturated rings. The zero-order valence-corrected chi connectivity index (χ0v) is 15.3. The molecule has 1 heterocycles. The molecule has 0 atom stereocenters. The number of rotatable bonds is 8. The Morgan fingerprint density at radius 3 is 2.81 bits per heavy atom. The predicted octanol–water partition coefficient (Wildman–Crippen LogP) is 2.12. The Bertz CT molecular complexity index is 901. The summed E-state index contributed by atoms with van der Waals surface area (Å²) < 4.78 is 15.6. The third-order valence-corrected chi connectivity index (χ3v) is 4.52. The number of hydrogen-bond acceptors (Lipinski definition) is 6. The Morgan fingerprint density at radius 1 is 1.19 bits per heavy atom. The second-order valence-corrected chi connectivity index (χ2v) is 6.51. The molecule has 1 aromatic heterocycles. The number of hydrogen-bond donors (Lipinski definition) is 1. The van der Waals surface area contributed by atoms with Gasteiger partial charge in [-0.1, -0.05) is 13.3 Å². The standard InChI is InChI=1S/C20H23NO6/c1-2-3-9-21-18(22)11-26-19(23)12-25-13-7-8-15-14-5-4-6-16(14)20(24)27-17(15)10-13/h7-8,10H,2-6,9,11-12H2,1H3,(H,21,22). The quantitative estimate of drug-likeness (QED) is 0.433. The van der Waals surface area contributed by atoms with Crippen LogP contribution in [0.2, 0.25) is 0 Å². The fourth-order valence-electron chi connectivity index (χ4n) is 3.14. The highest BCUT2D eigenvalue weighted by molar-refractivity contribution is 5.83. The van der Waals surface area contributed by atoms with Gasteiger partial charge in [-0.25, -0.2) is 9.59 Å². The lowest BCUT2D eigenvalue weighted by molar-refractivity contribution is -0.150. The van der Waals surface area contributed by atoms with Crippen LogP contribution >= 0.6 is 0 Å². The molecular weight excluding hydrogens is 350 g/mol. The molecule has 1 aliphatic carbocycles. The molecule has 0 radical (unpaired) electrons. The first-order valence-corrected chi connectivity index (χ1v) is 9.22. The van der Waals surface area contributed by atoms with Crippen LogP contribution in [-0.4, -0.2) is 31.6 Å². The van der Waals surface area contributed by atoms with Crippen molar-refractivity contribution in [2.24, 2.45) is 0 Å². The molecule has 1 aromatic carbocycles. The van der Waals surface area contributed by atoms with Crippen LogP contribution in [0.3, 0.4) is 0 Å². The normalized spacial score (nSPS) is 12.6. The number of aryl methyl sites for hydroxylation is 1. The van der Waals surface area contributed by atoms with Gasteiger partial charge in [-0.15, -0.1) is 0 Å². The van der Waals surface area contributed by atoms with Gasteiger partial charge in [0.1, 0.15) is 11.3 Å². The van der Waals surface area contributed by atoms with E-state index in [9.17, 15) is 14.4 Å². The van der Waals surface area contributed by atoms with E-state index in [1.807, 2.05) is 13.0 Å². The summed E-state index contributed by atoms with van der Waals surface area (Å²) in [6, 6.07) is 5.16. The minimum Gasteiger partial charge on any atom is -0.482 e. The molecular formula is C20H23NO6. The number of ether oxygens (including phenoxy) is 2. The number of amides is 1. The lowest BCUT2D eigenvalue weighted by Gasteiger charge is -2.09. The Labute approximate surface area is 156 Å². The molecule has 144 valence electrons. The summed E-state index contributed by atoms with van der Waals surface area (Å²) in [6.45, 7) is 1.93.